The zero-order chi connectivity index (χ0) is 10.8. The van der Waals surface area contributed by atoms with Crippen LogP contribution in [0, 0.1) is 6.92 Å². The maximum absolute atomic E-state index is 5.69. The van der Waals surface area contributed by atoms with Gasteiger partial charge in [0.1, 0.15) is 12.1 Å². The van der Waals surface area contributed by atoms with Crippen molar-refractivity contribution in [2.24, 2.45) is 7.05 Å². The third-order valence-corrected chi connectivity index (χ3v) is 1.86. The van der Waals surface area contributed by atoms with Gasteiger partial charge in [-0.2, -0.15) is 4.98 Å². The molecular weight excluding hydrogens is 192 g/mol. The number of aromatic nitrogens is 3. The van der Waals surface area contributed by atoms with Crippen LogP contribution in [0.15, 0.2) is 24.5 Å². The van der Waals surface area contributed by atoms with Crippen molar-refractivity contribution in [1.82, 2.24) is 14.8 Å². The SMILES string of the molecule is Cc1cc(N)cc(Oc2ncn(C)n2)c1. The molecule has 0 saturated carbocycles. The molecule has 15 heavy (non-hydrogen) atoms. The topological polar surface area (TPSA) is 66.0 Å². The van der Waals surface area contributed by atoms with Crippen molar-refractivity contribution in [2.75, 3.05) is 5.73 Å². The van der Waals surface area contributed by atoms with Gasteiger partial charge in [0.2, 0.25) is 0 Å². The van der Waals surface area contributed by atoms with E-state index in [1.165, 1.54) is 0 Å². The molecule has 2 rings (SSSR count). The Morgan fingerprint density at radius 2 is 2.13 bits per heavy atom. The number of anilines is 1. The molecule has 0 atom stereocenters. The highest BCUT2D eigenvalue weighted by Gasteiger charge is 2.02. The van der Waals surface area contributed by atoms with Gasteiger partial charge in [0, 0.05) is 18.8 Å². The van der Waals surface area contributed by atoms with Crippen LogP contribution in [0.2, 0.25) is 0 Å². The Bertz CT molecular complexity index is 458. The van der Waals surface area contributed by atoms with Gasteiger partial charge in [-0.1, -0.05) is 0 Å². The predicted octanol–water partition coefficient (Wildman–Crippen LogP) is 1.50. The quantitative estimate of drug-likeness (QED) is 0.753. The summed E-state index contributed by atoms with van der Waals surface area (Å²) in [6.07, 6.45) is 1.58. The minimum atomic E-state index is 0.322. The summed E-state index contributed by atoms with van der Waals surface area (Å²) in [6, 6.07) is 5.82. The van der Waals surface area contributed by atoms with Crippen LogP contribution in [0.4, 0.5) is 5.69 Å². The van der Waals surface area contributed by atoms with E-state index in [2.05, 4.69) is 10.1 Å². The number of nitrogens with two attached hydrogens (primary N) is 1. The number of nitrogen functional groups attached to an aromatic ring is 1. The lowest BCUT2D eigenvalue weighted by atomic mass is 10.2. The summed E-state index contributed by atoms with van der Waals surface area (Å²) < 4.78 is 7.02. The molecule has 0 aliphatic carbocycles. The number of nitrogens with zero attached hydrogens (tertiary/aromatic N) is 3. The van der Waals surface area contributed by atoms with Gasteiger partial charge in [-0.3, -0.25) is 4.68 Å². The summed E-state index contributed by atoms with van der Waals surface area (Å²) in [6.45, 7) is 1.95. The molecule has 1 aromatic carbocycles. The molecule has 78 valence electrons. The van der Waals surface area contributed by atoms with E-state index < -0.39 is 0 Å². The molecule has 2 N–H and O–H groups in total. The Kier molecular flexibility index (Phi) is 2.29. The molecular formula is C10H12N4O. The molecule has 0 radical (unpaired) electrons. The van der Waals surface area contributed by atoms with Crippen molar-refractivity contribution in [3.05, 3.63) is 30.1 Å². The average molecular weight is 204 g/mol. The van der Waals surface area contributed by atoms with Gasteiger partial charge < -0.3 is 10.5 Å². The average Bonchev–Trinajstić information content (AvgIpc) is 2.49. The first-order valence-corrected chi connectivity index (χ1v) is 4.54. The molecule has 5 nitrogen and oxygen atoms in total. The molecule has 2 aromatic rings. The number of hydrogen-bond donors (Lipinski definition) is 1. The molecule has 0 amide bonds. The van der Waals surface area contributed by atoms with E-state index in [0.717, 1.165) is 5.56 Å². The van der Waals surface area contributed by atoms with Crippen LogP contribution in [0.5, 0.6) is 11.8 Å². The van der Waals surface area contributed by atoms with Crippen molar-refractivity contribution in [1.29, 1.82) is 0 Å². The third-order valence-electron chi connectivity index (χ3n) is 1.86. The first kappa shape index (κ1) is 9.51. The number of rotatable bonds is 2. The maximum Gasteiger partial charge on any atom is 0.340 e. The fourth-order valence-electron chi connectivity index (χ4n) is 1.31. The van der Waals surface area contributed by atoms with Gasteiger partial charge in [-0.05, 0) is 24.6 Å². The Hall–Kier alpha value is -2.04. The second-order valence-electron chi connectivity index (χ2n) is 3.38. The van der Waals surface area contributed by atoms with Gasteiger partial charge in [-0.15, -0.1) is 5.10 Å². The second-order valence-corrected chi connectivity index (χ2v) is 3.38. The molecule has 1 aromatic heterocycles. The monoisotopic (exact) mass is 204 g/mol. The normalized spacial score (nSPS) is 10.3. The summed E-state index contributed by atoms with van der Waals surface area (Å²) in [7, 11) is 1.78. The molecule has 0 spiro atoms. The number of benzene rings is 1. The van der Waals surface area contributed by atoms with Gasteiger partial charge in [0.25, 0.3) is 0 Å². The first-order chi connectivity index (χ1) is 7.13. The zero-order valence-electron chi connectivity index (χ0n) is 8.64. The lowest BCUT2D eigenvalue weighted by Crippen LogP contribution is -1.92. The van der Waals surface area contributed by atoms with E-state index in [1.54, 1.807) is 24.1 Å². The van der Waals surface area contributed by atoms with Crippen molar-refractivity contribution >= 4 is 5.69 Å². The van der Waals surface area contributed by atoms with Crippen LogP contribution in [0.3, 0.4) is 0 Å². The number of ether oxygens (including phenoxy) is 1. The van der Waals surface area contributed by atoms with Crippen molar-refractivity contribution in [3.8, 4) is 11.8 Å². The summed E-state index contributed by atoms with van der Waals surface area (Å²) in [5.74, 6) is 0.652. The van der Waals surface area contributed by atoms with Crippen molar-refractivity contribution in [2.45, 2.75) is 6.92 Å². The van der Waals surface area contributed by atoms with Crippen LogP contribution in [-0.4, -0.2) is 14.8 Å². The molecule has 5 heteroatoms. The molecule has 0 fully saturated rings. The van der Waals surface area contributed by atoms with Crippen LogP contribution < -0.4 is 10.5 Å². The smallest absolute Gasteiger partial charge is 0.340 e. The van der Waals surface area contributed by atoms with Gasteiger partial charge in [-0.25, -0.2) is 0 Å². The lowest BCUT2D eigenvalue weighted by molar-refractivity contribution is 0.439. The fraction of sp³-hybridized carbons (Fsp3) is 0.200. The molecule has 1 heterocycles. The number of hydrogen-bond acceptors (Lipinski definition) is 4. The maximum atomic E-state index is 5.69. The Labute approximate surface area is 87.5 Å². The number of aryl methyl sites for hydroxylation is 2. The minimum Gasteiger partial charge on any atom is -0.423 e. The van der Waals surface area contributed by atoms with Gasteiger partial charge in [0.05, 0.1) is 0 Å². The highest BCUT2D eigenvalue weighted by atomic mass is 16.5. The summed E-state index contributed by atoms with van der Waals surface area (Å²) in [5, 5.41) is 4.01. The Morgan fingerprint density at radius 3 is 2.73 bits per heavy atom. The van der Waals surface area contributed by atoms with Crippen LogP contribution in [0.25, 0.3) is 0 Å². The molecule has 0 saturated heterocycles. The van der Waals surface area contributed by atoms with Gasteiger partial charge in [0.15, 0.2) is 0 Å². The highest BCUT2D eigenvalue weighted by molar-refractivity contribution is 5.47. The third kappa shape index (κ3) is 2.25. The van der Waals surface area contributed by atoms with E-state index in [-0.39, 0.29) is 0 Å². The van der Waals surface area contributed by atoms with Crippen LogP contribution in [0.1, 0.15) is 5.56 Å². The van der Waals surface area contributed by atoms with Crippen LogP contribution in [-0.2, 0) is 7.05 Å². The molecule has 0 aliphatic heterocycles. The van der Waals surface area contributed by atoms with Crippen molar-refractivity contribution in [3.63, 3.8) is 0 Å². The van der Waals surface area contributed by atoms with Crippen LogP contribution >= 0.6 is 0 Å². The summed E-state index contributed by atoms with van der Waals surface area (Å²) in [4.78, 5) is 3.96. The minimum absolute atomic E-state index is 0.322. The largest absolute Gasteiger partial charge is 0.423 e. The van der Waals surface area contributed by atoms with E-state index in [4.69, 9.17) is 10.5 Å². The molecule has 0 unspecified atom stereocenters. The van der Waals surface area contributed by atoms with Crippen molar-refractivity contribution < 1.29 is 4.74 Å². The van der Waals surface area contributed by atoms with E-state index in [1.807, 2.05) is 19.1 Å². The Morgan fingerprint density at radius 1 is 1.33 bits per heavy atom. The first-order valence-electron chi connectivity index (χ1n) is 4.54. The van der Waals surface area contributed by atoms with E-state index in [0.29, 0.717) is 17.4 Å². The van der Waals surface area contributed by atoms with Gasteiger partial charge >= 0.3 is 6.01 Å². The second kappa shape index (κ2) is 3.61. The lowest BCUT2D eigenvalue weighted by Gasteiger charge is -2.03. The fourth-order valence-corrected chi connectivity index (χ4v) is 1.31. The predicted molar refractivity (Wildman–Crippen MR) is 56.7 cm³/mol. The summed E-state index contributed by atoms with van der Waals surface area (Å²) in [5.41, 5.74) is 7.40. The molecule has 0 bridgehead atoms. The molecule has 0 aliphatic rings. The summed E-state index contributed by atoms with van der Waals surface area (Å²) >= 11 is 0. The van der Waals surface area contributed by atoms with E-state index >= 15 is 0 Å². The van der Waals surface area contributed by atoms with E-state index in [9.17, 15) is 0 Å². The zero-order valence-corrected chi connectivity index (χ0v) is 8.64. The highest BCUT2D eigenvalue weighted by Crippen LogP contribution is 2.21. The Balaban J connectivity index is 2.24. The standard InChI is InChI=1S/C10H12N4O/c1-7-3-8(11)5-9(4-7)15-10-12-6-14(2)13-10/h3-6H,11H2,1-2H3.